The van der Waals surface area contributed by atoms with E-state index in [0.29, 0.717) is 12.8 Å². The molecule has 7 unspecified atom stereocenters. The summed E-state index contributed by atoms with van der Waals surface area (Å²) in [5, 5.41) is 45.1. The van der Waals surface area contributed by atoms with Crippen molar-refractivity contribution in [3.8, 4) is 0 Å². The minimum Gasteiger partial charge on any atom is -0.394 e. The van der Waals surface area contributed by atoms with Gasteiger partial charge in [0, 0.05) is 6.42 Å². The van der Waals surface area contributed by atoms with Crippen molar-refractivity contribution in [3.05, 3.63) is 12.2 Å². The number of rotatable bonds is 49. The Labute approximate surface area is 410 Å². The Morgan fingerprint density at radius 3 is 1.34 bits per heavy atom. The van der Waals surface area contributed by atoms with Crippen LogP contribution in [0.5, 0.6) is 0 Å². The van der Waals surface area contributed by atoms with Gasteiger partial charge in [-0.2, -0.15) is 8.42 Å². The van der Waals surface area contributed by atoms with Gasteiger partial charge in [-0.25, -0.2) is 4.18 Å². The van der Waals surface area contributed by atoms with Gasteiger partial charge in [-0.05, 0) is 38.5 Å². The van der Waals surface area contributed by atoms with Gasteiger partial charge < -0.3 is 35.2 Å². The van der Waals surface area contributed by atoms with Crippen LogP contribution in [0.15, 0.2) is 12.2 Å². The Balaban J connectivity index is 2.38. The Hall–Kier alpha value is -1.16. The molecule has 0 aromatic carbocycles. The molecule has 1 amide bonds. The van der Waals surface area contributed by atoms with E-state index in [2.05, 4.69) is 35.5 Å². The second kappa shape index (κ2) is 44.8. The number of allylic oxidation sites excluding steroid dienone is 2. The SMILES string of the molecule is CCCCCCCCCC/C=C\CCCCCCCCCC(=O)NC(COC1OC(CO)C(O)C(OS(=O)(=O)O)C1O)C(O)CCCCCCCCCCCCCCCCCCCCCCC. The second-order valence-corrected chi connectivity index (χ2v) is 20.9. The van der Waals surface area contributed by atoms with E-state index in [4.69, 9.17) is 9.47 Å². The number of amides is 1. The summed E-state index contributed by atoms with van der Waals surface area (Å²) in [4.78, 5) is 13.1. The number of unbranched alkanes of at least 4 members (excludes halogenated alkanes) is 35. The summed E-state index contributed by atoms with van der Waals surface area (Å²) in [6.45, 7) is 3.49. The van der Waals surface area contributed by atoms with Crippen molar-refractivity contribution in [2.24, 2.45) is 0 Å². The second-order valence-electron chi connectivity index (χ2n) is 19.9. The average Bonchev–Trinajstić information content (AvgIpc) is 3.30. The minimum atomic E-state index is -5.08. The molecule has 67 heavy (non-hydrogen) atoms. The number of aliphatic hydroxyl groups is 4. The highest BCUT2D eigenvalue weighted by Crippen LogP contribution is 2.26. The summed E-state index contributed by atoms with van der Waals surface area (Å²) in [6, 6.07) is -0.858. The van der Waals surface area contributed by atoms with Crippen LogP contribution in [-0.2, 0) is 28.9 Å². The van der Waals surface area contributed by atoms with Crippen molar-refractivity contribution < 1.29 is 51.8 Å². The molecule has 13 heteroatoms. The maximum Gasteiger partial charge on any atom is 0.397 e. The van der Waals surface area contributed by atoms with Crippen LogP contribution in [0.25, 0.3) is 0 Å². The zero-order valence-corrected chi connectivity index (χ0v) is 43.8. The van der Waals surface area contributed by atoms with Gasteiger partial charge in [-0.3, -0.25) is 9.35 Å². The summed E-state index contributed by atoms with van der Waals surface area (Å²) >= 11 is 0. The maximum absolute atomic E-state index is 13.1. The molecule has 1 rings (SSSR count). The van der Waals surface area contributed by atoms with Crippen LogP contribution in [-0.4, -0.2) is 95.4 Å². The molecule has 0 aromatic heterocycles. The van der Waals surface area contributed by atoms with Crippen molar-refractivity contribution in [2.75, 3.05) is 13.2 Å². The van der Waals surface area contributed by atoms with Gasteiger partial charge in [0.05, 0.1) is 25.4 Å². The van der Waals surface area contributed by atoms with E-state index in [9.17, 15) is 38.2 Å². The molecule has 398 valence electrons. The van der Waals surface area contributed by atoms with E-state index in [1.165, 1.54) is 186 Å². The molecular weight excluding hydrogens is 871 g/mol. The first-order chi connectivity index (χ1) is 32.5. The Kier molecular flexibility index (Phi) is 42.7. The van der Waals surface area contributed by atoms with Gasteiger partial charge in [0.2, 0.25) is 5.91 Å². The summed E-state index contributed by atoms with van der Waals surface area (Å²) in [6.07, 6.45) is 43.5. The van der Waals surface area contributed by atoms with Gasteiger partial charge in [-0.1, -0.05) is 238 Å². The normalized spacial score (nSPS) is 19.9. The Bertz CT molecular complexity index is 1240. The van der Waals surface area contributed by atoms with E-state index >= 15 is 0 Å². The summed E-state index contributed by atoms with van der Waals surface area (Å²) in [5.74, 6) is -0.230. The fourth-order valence-electron chi connectivity index (χ4n) is 9.22. The summed E-state index contributed by atoms with van der Waals surface area (Å²) in [7, 11) is -5.08. The molecule has 0 aromatic rings. The summed E-state index contributed by atoms with van der Waals surface area (Å²) < 4.78 is 47.9. The van der Waals surface area contributed by atoms with Gasteiger partial charge in [-0.15, -0.1) is 0 Å². The van der Waals surface area contributed by atoms with Gasteiger partial charge in [0.15, 0.2) is 6.29 Å². The van der Waals surface area contributed by atoms with E-state index in [-0.39, 0.29) is 18.9 Å². The van der Waals surface area contributed by atoms with Crippen LogP contribution in [0.1, 0.15) is 271 Å². The van der Waals surface area contributed by atoms with Gasteiger partial charge >= 0.3 is 10.4 Å². The molecule has 1 fully saturated rings. The van der Waals surface area contributed by atoms with Crippen LogP contribution < -0.4 is 5.32 Å². The molecule has 6 N–H and O–H groups in total. The quantitative estimate of drug-likeness (QED) is 0.0193. The Morgan fingerprint density at radius 2 is 0.955 bits per heavy atom. The van der Waals surface area contributed by atoms with Crippen molar-refractivity contribution in [1.29, 1.82) is 0 Å². The molecule has 0 radical (unpaired) electrons. The largest absolute Gasteiger partial charge is 0.397 e. The average molecular weight is 976 g/mol. The zero-order chi connectivity index (χ0) is 49.1. The van der Waals surface area contributed by atoms with Crippen molar-refractivity contribution in [1.82, 2.24) is 5.32 Å². The maximum atomic E-state index is 13.1. The van der Waals surface area contributed by atoms with Crippen molar-refractivity contribution in [3.63, 3.8) is 0 Å². The lowest BCUT2D eigenvalue weighted by Gasteiger charge is -2.41. The van der Waals surface area contributed by atoms with Gasteiger partial charge in [0.1, 0.15) is 24.4 Å². The van der Waals surface area contributed by atoms with E-state index < -0.39 is 59.9 Å². The number of hydrogen-bond donors (Lipinski definition) is 6. The fraction of sp³-hybridized carbons (Fsp3) is 0.944. The van der Waals surface area contributed by atoms with Crippen molar-refractivity contribution in [2.45, 2.75) is 314 Å². The van der Waals surface area contributed by atoms with Crippen molar-refractivity contribution >= 4 is 16.3 Å². The minimum absolute atomic E-state index is 0.230. The lowest BCUT2D eigenvalue weighted by Crippen LogP contribution is -2.61. The lowest BCUT2D eigenvalue weighted by atomic mass is 9.99. The first-order valence-electron chi connectivity index (χ1n) is 28.1. The standard InChI is InChI=1S/C54H105NO11S/c1-3-5-7-9-11-13-15-17-19-21-23-24-26-27-29-31-33-35-37-39-41-43-48(57)47(46-64-54-52(60)53(66-67(61,62)63)51(59)49(45-56)65-54)55-50(58)44-42-40-38-36-34-32-30-28-25-22-20-18-16-14-12-10-8-6-4-2/h22,25,47-49,51-54,56-57,59-60H,3-21,23-24,26-46H2,1-2H3,(H,55,58)(H,61,62,63)/b25-22-. The van der Waals surface area contributed by atoms with Crippen LogP contribution in [0, 0.1) is 0 Å². The molecule has 1 saturated heterocycles. The topological polar surface area (TPSA) is 192 Å². The number of hydrogen-bond acceptors (Lipinski definition) is 10. The predicted molar refractivity (Wildman–Crippen MR) is 273 cm³/mol. The zero-order valence-electron chi connectivity index (χ0n) is 43.0. The first-order valence-corrected chi connectivity index (χ1v) is 29.4. The Morgan fingerprint density at radius 1 is 0.582 bits per heavy atom. The smallest absolute Gasteiger partial charge is 0.394 e. The van der Waals surface area contributed by atoms with Crippen LogP contribution in [0.3, 0.4) is 0 Å². The van der Waals surface area contributed by atoms with Crippen LogP contribution in [0.2, 0.25) is 0 Å². The molecule has 7 atom stereocenters. The number of carbonyl (C=O) groups is 1. The van der Waals surface area contributed by atoms with E-state index in [1.807, 2.05) is 0 Å². The van der Waals surface area contributed by atoms with E-state index in [1.54, 1.807) is 0 Å². The molecule has 0 spiro atoms. The number of carbonyl (C=O) groups excluding carboxylic acids is 1. The highest BCUT2D eigenvalue weighted by molar-refractivity contribution is 7.80. The molecule has 0 aliphatic carbocycles. The first kappa shape index (κ1) is 63.9. The lowest BCUT2D eigenvalue weighted by molar-refractivity contribution is -0.298. The third-order valence-corrected chi connectivity index (χ3v) is 14.0. The third-order valence-electron chi connectivity index (χ3n) is 13.6. The fourth-order valence-corrected chi connectivity index (χ4v) is 9.73. The number of ether oxygens (including phenoxy) is 2. The molecule has 1 aliphatic heterocycles. The molecular formula is C54H105NO11S. The molecule has 0 bridgehead atoms. The predicted octanol–water partition coefficient (Wildman–Crippen LogP) is 12.7. The highest BCUT2D eigenvalue weighted by atomic mass is 32.3. The third kappa shape index (κ3) is 37.3. The molecule has 1 heterocycles. The highest BCUT2D eigenvalue weighted by Gasteiger charge is 2.48. The van der Waals surface area contributed by atoms with Gasteiger partial charge in [0.25, 0.3) is 0 Å². The molecule has 12 nitrogen and oxygen atoms in total. The summed E-state index contributed by atoms with van der Waals surface area (Å²) in [5.41, 5.74) is 0. The molecule has 1 aliphatic rings. The van der Waals surface area contributed by atoms with E-state index in [0.717, 1.165) is 51.4 Å². The van der Waals surface area contributed by atoms with Crippen LogP contribution in [0.4, 0.5) is 0 Å². The number of nitrogens with one attached hydrogen (secondary N) is 1. The molecule has 0 saturated carbocycles. The number of aliphatic hydroxyl groups excluding tert-OH is 4. The monoisotopic (exact) mass is 976 g/mol. The van der Waals surface area contributed by atoms with Crippen LogP contribution >= 0.6 is 0 Å².